The second kappa shape index (κ2) is 8.10. The standard InChI is InChI=1S/C22H24IN3O/c1-16-8-4-5-9-20(16)26-21(15-25-12-6-2-3-7-13-25)24-19-11-10-17(23)14-18(19)22(26)27/h4-5,8-11,14H,2-3,6-7,12-13,15H2,1H3. The molecule has 2 heterocycles. The van der Waals surface area contributed by atoms with Crippen molar-refractivity contribution in [2.24, 2.45) is 0 Å². The van der Waals surface area contributed by atoms with Gasteiger partial charge >= 0.3 is 0 Å². The fraction of sp³-hybridized carbons (Fsp3) is 0.364. The van der Waals surface area contributed by atoms with Crippen LogP contribution in [0.15, 0.2) is 47.3 Å². The van der Waals surface area contributed by atoms with Crippen LogP contribution in [0.3, 0.4) is 0 Å². The Kier molecular flexibility index (Phi) is 5.59. The topological polar surface area (TPSA) is 38.1 Å². The first-order valence-corrected chi connectivity index (χ1v) is 10.7. The number of aryl methyl sites for hydroxylation is 1. The van der Waals surface area contributed by atoms with Crippen LogP contribution in [0.5, 0.6) is 0 Å². The third-order valence-corrected chi connectivity index (χ3v) is 5.99. The summed E-state index contributed by atoms with van der Waals surface area (Å²) in [5, 5.41) is 0.685. The Labute approximate surface area is 173 Å². The zero-order valence-corrected chi connectivity index (χ0v) is 17.8. The molecule has 140 valence electrons. The van der Waals surface area contributed by atoms with Crippen molar-refractivity contribution in [3.63, 3.8) is 0 Å². The van der Waals surface area contributed by atoms with Crippen LogP contribution >= 0.6 is 22.6 Å². The minimum atomic E-state index is 0.0256. The van der Waals surface area contributed by atoms with Gasteiger partial charge < -0.3 is 0 Å². The van der Waals surface area contributed by atoms with Crippen LogP contribution in [0.1, 0.15) is 37.1 Å². The smallest absolute Gasteiger partial charge is 0.266 e. The Balaban J connectivity index is 1.90. The largest absolute Gasteiger partial charge is 0.296 e. The molecular weight excluding hydrogens is 449 g/mol. The van der Waals surface area contributed by atoms with Gasteiger partial charge in [-0.2, -0.15) is 0 Å². The van der Waals surface area contributed by atoms with E-state index in [1.165, 1.54) is 25.7 Å². The molecule has 0 spiro atoms. The van der Waals surface area contributed by atoms with Crippen LogP contribution in [0.4, 0.5) is 0 Å². The van der Waals surface area contributed by atoms with Crippen molar-refractivity contribution in [1.29, 1.82) is 0 Å². The molecule has 1 saturated heterocycles. The van der Waals surface area contributed by atoms with Crippen LogP contribution in [0.2, 0.25) is 0 Å². The van der Waals surface area contributed by atoms with Gasteiger partial charge in [0.1, 0.15) is 5.82 Å². The number of benzene rings is 2. The molecule has 1 fully saturated rings. The molecule has 0 N–H and O–H groups in total. The SMILES string of the molecule is Cc1ccccc1-n1c(CN2CCCCCC2)nc2ccc(I)cc2c1=O. The predicted molar refractivity (Wildman–Crippen MR) is 119 cm³/mol. The maximum atomic E-state index is 13.5. The summed E-state index contributed by atoms with van der Waals surface area (Å²) in [6.07, 6.45) is 5.04. The molecule has 27 heavy (non-hydrogen) atoms. The van der Waals surface area contributed by atoms with Crippen molar-refractivity contribution in [3.8, 4) is 5.69 Å². The van der Waals surface area contributed by atoms with Gasteiger partial charge in [0.15, 0.2) is 0 Å². The van der Waals surface area contributed by atoms with E-state index in [0.717, 1.165) is 39.3 Å². The third kappa shape index (κ3) is 3.94. The first kappa shape index (κ1) is 18.6. The second-order valence-electron chi connectivity index (χ2n) is 7.31. The van der Waals surface area contributed by atoms with Crippen molar-refractivity contribution < 1.29 is 0 Å². The van der Waals surface area contributed by atoms with Gasteiger partial charge in [-0.15, -0.1) is 0 Å². The molecule has 1 aliphatic heterocycles. The van der Waals surface area contributed by atoms with Gasteiger partial charge in [0.05, 0.1) is 23.1 Å². The van der Waals surface area contributed by atoms with Gasteiger partial charge in [-0.05, 0) is 85.3 Å². The lowest BCUT2D eigenvalue weighted by Crippen LogP contribution is -2.31. The Morgan fingerprint density at radius 2 is 1.78 bits per heavy atom. The van der Waals surface area contributed by atoms with Crippen molar-refractivity contribution in [2.45, 2.75) is 39.2 Å². The zero-order chi connectivity index (χ0) is 18.8. The molecule has 0 unspecified atom stereocenters. The number of hydrogen-bond donors (Lipinski definition) is 0. The van der Waals surface area contributed by atoms with E-state index in [-0.39, 0.29) is 5.56 Å². The monoisotopic (exact) mass is 473 g/mol. The molecule has 1 aliphatic rings. The summed E-state index contributed by atoms with van der Waals surface area (Å²) < 4.78 is 2.88. The number of likely N-dealkylation sites (tertiary alicyclic amines) is 1. The Morgan fingerprint density at radius 1 is 1.04 bits per heavy atom. The number of aromatic nitrogens is 2. The van der Waals surface area contributed by atoms with E-state index >= 15 is 0 Å². The molecule has 0 radical (unpaired) electrons. The lowest BCUT2D eigenvalue weighted by atomic mass is 10.1. The zero-order valence-electron chi connectivity index (χ0n) is 15.6. The van der Waals surface area contributed by atoms with Crippen molar-refractivity contribution in [3.05, 3.63) is 67.8 Å². The molecule has 4 rings (SSSR count). The molecule has 2 aromatic carbocycles. The molecule has 0 bridgehead atoms. The van der Waals surface area contributed by atoms with Gasteiger partial charge in [0, 0.05) is 3.57 Å². The third-order valence-electron chi connectivity index (χ3n) is 5.32. The first-order valence-electron chi connectivity index (χ1n) is 9.63. The summed E-state index contributed by atoms with van der Waals surface area (Å²) in [5.74, 6) is 0.838. The molecule has 0 amide bonds. The fourth-order valence-electron chi connectivity index (χ4n) is 3.87. The number of halogens is 1. The van der Waals surface area contributed by atoms with E-state index in [0.29, 0.717) is 11.9 Å². The van der Waals surface area contributed by atoms with Crippen LogP contribution in [-0.2, 0) is 6.54 Å². The lowest BCUT2D eigenvalue weighted by Gasteiger charge is -2.22. The van der Waals surface area contributed by atoms with Crippen molar-refractivity contribution in [2.75, 3.05) is 13.1 Å². The highest BCUT2D eigenvalue weighted by molar-refractivity contribution is 14.1. The molecule has 3 aromatic rings. The van der Waals surface area contributed by atoms with Gasteiger partial charge in [-0.1, -0.05) is 31.0 Å². The van der Waals surface area contributed by atoms with E-state index < -0.39 is 0 Å². The summed E-state index contributed by atoms with van der Waals surface area (Å²) in [6, 6.07) is 14.0. The van der Waals surface area contributed by atoms with Gasteiger partial charge in [-0.25, -0.2) is 4.98 Å². The highest BCUT2D eigenvalue weighted by Gasteiger charge is 2.18. The fourth-order valence-corrected chi connectivity index (χ4v) is 4.36. The molecular formula is C22H24IN3O. The minimum absolute atomic E-state index is 0.0256. The van der Waals surface area contributed by atoms with Gasteiger partial charge in [0.2, 0.25) is 0 Å². The quantitative estimate of drug-likeness (QED) is 0.519. The number of rotatable bonds is 3. The highest BCUT2D eigenvalue weighted by Crippen LogP contribution is 2.20. The van der Waals surface area contributed by atoms with Crippen molar-refractivity contribution >= 4 is 33.5 Å². The van der Waals surface area contributed by atoms with Gasteiger partial charge in [0.25, 0.3) is 5.56 Å². The first-order chi connectivity index (χ1) is 13.1. The lowest BCUT2D eigenvalue weighted by molar-refractivity contribution is 0.267. The summed E-state index contributed by atoms with van der Waals surface area (Å²) in [4.78, 5) is 20.8. The van der Waals surface area contributed by atoms with Gasteiger partial charge in [-0.3, -0.25) is 14.3 Å². The van der Waals surface area contributed by atoms with Crippen LogP contribution in [0.25, 0.3) is 16.6 Å². The Bertz CT molecular complexity index is 1020. The van der Waals surface area contributed by atoms with Crippen LogP contribution < -0.4 is 5.56 Å². The molecule has 0 atom stereocenters. The van der Waals surface area contributed by atoms with E-state index in [9.17, 15) is 4.79 Å². The number of para-hydroxylation sites is 1. The van der Waals surface area contributed by atoms with E-state index in [2.05, 4.69) is 40.5 Å². The van der Waals surface area contributed by atoms with Crippen LogP contribution in [-0.4, -0.2) is 27.5 Å². The van der Waals surface area contributed by atoms with E-state index in [1.54, 1.807) is 0 Å². The average Bonchev–Trinajstić information content (AvgIpc) is 2.92. The summed E-state index contributed by atoms with van der Waals surface area (Å²) in [5.41, 5.74) is 2.83. The summed E-state index contributed by atoms with van der Waals surface area (Å²) in [6.45, 7) is 4.92. The van der Waals surface area contributed by atoms with E-state index in [4.69, 9.17) is 4.98 Å². The average molecular weight is 473 g/mol. The molecule has 5 heteroatoms. The molecule has 0 aliphatic carbocycles. The minimum Gasteiger partial charge on any atom is -0.296 e. The summed E-state index contributed by atoms with van der Waals surface area (Å²) >= 11 is 2.25. The molecule has 0 saturated carbocycles. The highest BCUT2D eigenvalue weighted by atomic mass is 127. The van der Waals surface area contributed by atoms with Crippen molar-refractivity contribution in [1.82, 2.24) is 14.5 Å². The second-order valence-corrected chi connectivity index (χ2v) is 8.55. The molecule has 1 aromatic heterocycles. The molecule has 4 nitrogen and oxygen atoms in total. The predicted octanol–water partition coefficient (Wildman–Crippen LogP) is 4.67. The number of nitrogens with zero attached hydrogens (tertiary/aromatic N) is 3. The normalized spacial score (nSPS) is 15.8. The number of hydrogen-bond acceptors (Lipinski definition) is 3. The van der Waals surface area contributed by atoms with Crippen LogP contribution in [0, 0.1) is 10.5 Å². The maximum absolute atomic E-state index is 13.5. The Morgan fingerprint density at radius 3 is 2.52 bits per heavy atom. The summed E-state index contributed by atoms with van der Waals surface area (Å²) in [7, 11) is 0. The maximum Gasteiger partial charge on any atom is 0.266 e. The number of fused-ring (bicyclic) bond motifs is 1. The van der Waals surface area contributed by atoms with E-state index in [1.807, 2.05) is 41.0 Å². The Hall–Kier alpha value is -1.73.